The van der Waals surface area contributed by atoms with E-state index in [1.54, 1.807) is 6.33 Å². The van der Waals surface area contributed by atoms with E-state index in [0.717, 1.165) is 38.4 Å². The lowest BCUT2D eigenvalue weighted by Crippen LogP contribution is -2.45. The fourth-order valence-corrected chi connectivity index (χ4v) is 5.68. The predicted octanol–water partition coefficient (Wildman–Crippen LogP) is 0.665. The molecule has 1 aromatic heterocycles. The van der Waals surface area contributed by atoms with Crippen molar-refractivity contribution in [2.75, 3.05) is 37.7 Å². The zero-order chi connectivity index (χ0) is 20.0. The number of hydrogen-bond donors (Lipinski definition) is 2. The Morgan fingerprint density at radius 3 is 2.86 bits per heavy atom. The lowest BCUT2D eigenvalue weighted by Gasteiger charge is -2.22. The molecule has 29 heavy (non-hydrogen) atoms. The first kappa shape index (κ1) is 24.3. The smallest absolute Gasteiger partial charge is 0.191 e. The van der Waals surface area contributed by atoms with Crippen molar-refractivity contribution in [3.8, 4) is 0 Å². The lowest BCUT2D eigenvalue weighted by molar-refractivity contribution is 0.273. The largest absolute Gasteiger partial charge is 0.355 e. The number of halogens is 1. The SMILES string of the molecule is CCc1nncn1CCNC(=NCC1CCCN1CC)NC1CCS(=O)(=O)C1.I. The number of nitrogens with zero attached hydrogens (tertiary/aromatic N) is 5. The Kier molecular flexibility index (Phi) is 9.60. The van der Waals surface area contributed by atoms with Gasteiger partial charge >= 0.3 is 0 Å². The normalized spacial score (nSPS) is 24.4. The van der Waals surface area contributed by atoms with Crippen molar-refractivity contribution < 1.29 is 8.42 Å². The molecule has 1 aromatic rings. The van der Waals surface area contributed by atoms with Crippen molar-refractivity contribution in [3.63, 3.8) is 0 Å². The van der Waals surface area contributed by atoms with E-state index in [9.17, 15) is 8.42 Å². The second-order valence-corrected chi connectivity index (χ2v) is 9.81. The molecule has 3 rings (SSSR count). The molecule has 0 amide bonds. The number of hydrogen-bond acceptors (Lipinski definition) is 6. The molecule has 11 heteroatoms. The van der Waals surface area contributed by atoms with Crippen LogP contribution < -0.4 is 10.6 Å². The molecule has 2 saturated heterocycles. The maximum Gasteiger partial charge on any atom is 0.191 e. The van der Waals surface area contributed by atoms with Crippen LogP contribution in [-0.4, -0.2) is 83.8 Å². The van der Waals surface area contributed by atoms with Crippen molar-refractivity contribution in [2.45, 2.75) is 58.2 Å². The molecule has 0 saturated carbocycles. The molecular weight excluding hydrogens is 505 g/mol. The topological polar surface area (TPSA) is 105 Å². The summed E-state index contributed by atoms with van der Waals surface area (Å²) in [7, 11) is -2.92. The Hall–Kier alpha value is -0.950. The van der Waals surface area contributed by atoms with Gasteiger partial charge in [0.2, 0.25) is 0 Å². The fourth-order valence-electron chi connectivity index (χ4n) is 4.00. The van der Waals surface area contributed by atoms with Crippen LogP contribution in [0.25, 0.3) is 0 Å². The second kappa shape index (κ2) is 11.4. The minimum Gasteiger partial charge on any atom is -0.355 e. The number of sulfone groups is 1. The Morgan fingerprint density at radius 1 is 1.34 bits per heavy atom. The summed E-state index contributed by atoms with van der Waals surface area (Å²) in [6, 6.07) is 0.406. The predicted molar refractivity (Wildman–Crippen MR) is 126 cm³/mol. The number of likely N-dealkylation sites (N-methyl/N-ethyl adjacent to an activating group) is 1. The van der Waals surface area contributed by atoms with Crippen LogP contribution >= 0.6 is 24.0 Å². The molecule has 0 aliphatic carbocycles. The third-order valence-electron chi connectivity index (χ3n) is 5.60. The molecule has 0 radical (unpaired) electrons. The first-order valence-corrected chi connectivity index (χ1v) is 12.2. The summed E-state index contributed by atoms with van der Waals surface area (Å²) in [5, 5.41) is 14.8. The quantitative estimate of drug-likeness (QED) is 0.284. The van der Waals surface area contributed by atoms with Crippen molar-refractivity contribution in [2.24, 2.45) is 4.99 Å². The summed E-state index contributed by atoms with van der Waals surface area (Å²) < 4.78 is 25.6. The van der Waals surface area contributed by atoms with Crippen LogP contribution in [0, 0.1) is 0 Å². The molecule has 2 unspecified atom stereocenters. The average molecular weight is 539 g/mol. The van der Waals surface area contributed by atoms with Crippen LogP contribution in [0.5, 0.6) is 0 Å². The van der Waals surface area contributed by atoms with Gasteiger partial charge in [-0.2, -0.15) is 0 Å². The summed E-state index contributed by atoms with van der Waals surface area (Å²) >= 11 is 0. The fraction of sp³-hybridized carbons (Fsp3) is 0.833. The highest BCUT2D eigenvalue weighted by molar-refractivity contribution is 14.0. The van der Waals surface area contributed by atoms with Crippen molar-refractivity contribution >= 4 is 39.8 Å². The van der Waals surface area contributed by atoms with Crippen molar-refractivity contribution in [1.29, 1.82) is 0 Å². The Morgan fingerprint density at radius 2 is 2.17 bits per heavy atom. The molecule has 166 valence electrons. The maximum atomic E-state index is 11.8. The third kappa shape index (κ3) is 7.06. The second-order valence-electron chi connectivity index (χ2n) is 7.58. The summed E-state index contributed by atoms with van der Waals surface area (Å²) in [6.07, 6.45) is 5.61. The van der Waals surface area contributed by atoms with Crippen LogP contribution in [0.2, 0.25) is 0 Å². The van der Waals surface area contributed by atoms with E-state index in [4.69, 9.17) is 4.99 Å². The van der Waals surface area contributed by atoms with E-state index in [1.807, 2.05) is 4.57 Å². The van der Waals surface area contributed by atoms with Gasteiger partial charge in [-0.1, -0.05) is 13.8 Å². The Balaban J connectivity index is 0.00000300. The number of aryl methyl sites for hydroxylation is 1. The molecule has 2 N–H and O–H groups in total. The van der Waals surface area contributed by atoms with Gasteiger partial charge in [-0.3, -0.25) is 9.89 Å². The minimum absolute atomic E-state index is 0. The third-order valence-corrected chi connectivity index (χ3v) is 7.36. The minimum atomic E-state index is -2.92. The number of nitrogens with one attached hydrogen (secondary N) is 2. The molecule has 0 spiro atoms. The van der Waals surface area contributed by atoms with Gasteiger partial charge in [-0.15, -0.1) is 34.2 Å². The highest BCUT2D eigenvalue weighted by Crippen LogP contribution is 2.16. The molecule has 9 nitrogen and oxygen atoms in total. The van der Waals surface area contributed by atoms with E-state index in [0.29, 0.717) is 25.0 Å². The van der Waals surface area contributed by atoms with E-state index in [-0.39, 0.29) is 41.5 Å². The number of aromatic nitrogens is 3. The molecule has 0 aromatic carbocycles. The van der Waals surface area contributed by atoms with Gasteiger partial charge < -0.3 is 15.2 Å². The van der Waals surface area contributed by atoms with Gasteiger partial charge in [0, 0.05) is 31.6 Å². The van der Waals surface area contributed by atoms with E-state index in [1.165, 1.54) is 12.8 Å². The first-order valence-electron chi connectivity index (χ1n) is 10.4. The molecule has 2 fully saturated rings. The summed E-state index contributed by atoms with van der Waals surface area (Å²) in [5.41, 5.74) is 0. The van der Waals surface area contributed by atoms with Gasteiger partial charge in [0.05, 0.1) is 18.1 Å². The molecule has 0 bridgehead atoms. The first-order chi connectivity index (χ1) is 13.5. The Bertz CT molecular complexity index is 768. The van der Waals surface area contributed by atoms with Gasteiger partial charge in [0.15, 0.2) is 15.8 Å². The van der Waals surface area contributed by atoms with Crippen LogP contribution in [0.4, 0.5) is 0 Å². The molecule has 2 atom stereocenters. The summed E-state index contributed by atoms with van der Waals surface area (Å²) in [5.74, 6) is 2.10. The van der Waals surface area contributed by atoms with Crippen molar-refractivity contribution in [3.05, 3.63) is 12.2 Å². The summed E-state index contributed by atoms with van der Waals surface area (Å²) in [6.45, 7) is 8.58. The van der Waals surface area contributed by atoms with Crippen LogP contribution in [0.3, 0.4) is 0 Å². The zero-order valence-corrected chi connectivity index (χ0v) is 20.5. The van der Waals surface area contributed by atoms with Gasteiger partial charge in [-0.05, 0) is 32.4 Å². The number of aliphatic imine (C=N–C) groups is 1. The maximum absolute atomic E-state index is 11.8. The highest BCUT2D eigenvalue weighted by Gasteiger charge is 2.29. The zero-order valence-electron chi connectivity index (χ0n) is 17.4. The molecule has 3 heterocycles. The van der Waals surface area contributed by atoms with Gasteiger partial charge in [-0.25, -0.2) is 8.42 Å². The van der Waals surface area contributed by atoms with E-state index in [2.05, 4.69) is 39.6 Å². The van der Waals surface area contributed by atoms with Crippen LogP contribution in [0.15, 0.2) is 11.3 Å². The standard InChI is InChI=1S/C18H33N7O2S.HI/c1-3-17-23-21-14-25(17)10-8-19-18(22-15-7-11-28(26,27)13-15)20-12-16-6-5-9-24(16)4-2;/h14-16H,3-13H2,1-2H3,(H2,19,20,22);1H. The van der Waals surface area contributed by atoms with Crippen LogP contribution in [0.1, 0.15) is 38.9 Å². The van der Waals surface area contributed by atoms with Crippen LogP contribution in [-0.2, 0) is 22.8 Å². The lowest BCUT2D eigenvalue weighted by atomic mass is 10.2. The monoisotopic (exact) mass is 539 g/mol. The van der Waals surface area contributed by atoms with Crippen molar-refractivity contribution in [1.82, 2.24) is 30.3 Å². The van der Waals surface area contributed by atoms with E-state index < -0.39 is 9.84 Å². The number of guanidine groups is 1. The van der Waals surface area contributed by atoms with Gasteiger partial charge in [0.25, 0.3) is 0 Å². The average Bonchev–Trinajstić information content (AvgIpc) is 3.39. The molecule has 2 aliphatic heterocycles. The number of rotatable bonds is 8. The number of likely N-dealkylation sites (tertiary alicyclic amines) is 1. The Labute approximate surface area is 191 Å². The molecular formula is C18H34IN7O2S. The highest BCUT2D eigenvalue weighted by atomic mass is 127. The van der Waals surface area contributed by atoms with Gasteiger partial charge in [0.1, 0.15) is 12.2 Å². The van der Waals surface area contributed by atoms with E-state index >= 15 is 0 Å². The summed E-state index contributed by atoms with van der Waals surface area (Å²) in [4.78, 5) is 7.26. The molecule has 2 aliphatic rings.